The van der Waals surface area contributed by atoms with Gasteiger partial charge < -0.3 is 19.9 Å². The van der Waals surface area contributed by atoms with Gasteiger partial charge in [-0.2, -0.15) is 0 Å². The van der Waals surface area contributed by atoms with Gasteiger partial charge in [-0.3, -0.25) is 9.59 Å². The number of aliphatic carboxylic acids is 1. The molecule has 0 aliphatic carbocycles. The van der Waals surface area contributed by atoms with Crippen LogP contribution in [0.3, 0.4) is 0 Å². The molecule has 6 nitrogen and oxygen atoms in total. The molecule has 0 aromatic heterocycles. The Morgan fingerprint density at radius 3 is 2.63 bits per heavy atom. The first kappa shape index (κ1) is 20.6. The number of anilines is 1. The van der Waals surface area contributed by atoms with Crippen molar-refractivity contribution in [3.63, 3.8) is 0 Å². The van der Waals surface area contributed by atoms with E-state index in [0.717, 1.165) is 6.42 Å². The van der Waals surface area contributed by atoms with E-state index >= 15 is 0 Å². The summed E-state index contributed by atoms with van der Waals surface area (Å²) in [6.45, 7) is 4.04. The molecule has 2 aromatic carbocycles. The van der Waals surface area contributed by atoms with Crippen LogP contribution in [0.2, 0.25) is 5.02 Å². The summed E-state index contributed by atoms with van der Waals surface area (Å²) in [7, 11) is 1.48. The molecule has 7 heteroatoms. The second-order valence-electron chi connectivity index (χ2n) is 5.98. The van der Waals surface area contributed by atoms with E-state index < -0.39 is 17.8 Å². The standard InChI is InChI=1S/C20H22ClNO5/c1-4-8-27-18-16(21)10-14(11-17(18)26-3)19(23)22-15-7-5-6-13(9-15)12(2)20(24)25/h5-7,9-12H,4,8H2,1-3H3,(H,22,23)(H,24,25). The Kier molecular flexibility index (Phi) is 7.07. The van der Waals surface area contributed by atoms with Crippen molar-refractivity contribution < 1.29 is 24.2 Å². The third-order valence-electron chi connectivity index (χ3n) is 3.96. The molecule has 1 amide bonds. The Hall–Kier alpha value is -2.73. The van der Waals surface area contributed by atoms with E-state index in [-0.39, 0.29) is 5.02 Å². The summed E-state index contributed by atoms with van der Waals surface area (Å²) in [6.07, 6.45) is 0.812. The lowest BCUT2D eigenvalue weighted by Gasteiger charge is -2.14. The summed E-state index contributed by atoms with van der Waals surface area (Å²) in [6, 6.07) is 9.78. The van der Waals surface area contributed by atoms with Crippen LogP contribution in [0.1, 0.15) is 42.1 Å². The zero-order chi connectivity index (χ0) is 20.0. The predicted molar refractivity (Wildman–Crippen MR) is 104 cm³/mol. The highest BCUT2D eigenvalue weighted by Crippen LogP contribution is 2.36. The van der Waals surface area contributed by atoms with Gasteiger partial charge in [0, 0.05) is 11.3 Å². The van der Waals surface area contributed by atoms with Crippen LogP contribution in [0.5, 0.6) is 11.5 Å². The Morgan fingerprint density at radius 2 is 2.00 bits per heavy atom. The van der Waals surface area contributed by atoms with Crippen LogP contribution in [-0.4, -0.2) is 30.7 Å². The summed E-state index contributed by atoms with van der Waals surface area (Å²) < 4.78 is 10.9. The van der Waals surface area contributed by atoms with Crippen LogP contribution in [0.4, 0.5) is 5.69 Å². The number of nitrogens with one attached hydrogen (secondary N) is 1. The number of amides is 1. The van der Waals surface area contributed by atoms with Gasteiger partial charge in [-0.05, 0) is 43.2 Å². The van der Waals surface area contributed by atoms with Gasteiger partial charge in [-0.1, -0.05) is 30.7 Å². The van der Waals surface area contributed by atoms with Gasteiger partial charge in [0.25, 0.3) is 5.91 Å². The zero-order valence-electron chi connectivity index (χ0n) is 15.4. The molecule has 0 saturated carbocycles. The molecule has 0 bridgehead atoms. The smallest absolute Gasteiger partial charge is 0.310 e. The average Bonchev–Trinajstić information content (AvgIpc) is 2.65. The zero-order valence-corrected chi connectivity index (χ0v) is 16.2. The first-order valence-corrected chi connectivity index (χ1v) is 8.89. The first-order valence-electron chi connectivity index (χ1n) is 8.51. The Morgan fingerprint density at radius 1 is 1.26 bits per heavy atom. The molecule has 0 aliphatic heterocycles. The van der Waals surface area contributed by atoms with Crippen molar-refractivity contribution >= 4 is 29.2 Å². The molecular formula is C20H22ClNO5. The van der Waals surface area contributed by atoms with E-state index in [9.17, 15) is 9.59 Å². The minimum Gasteiger partial charge on any atom is -0.493 e. The molecule has 0 aliphatic rings. The first-order chi connectivity index (χ1) is 12.9. The Labute approximate surface area is 163 Å². The van der Waals surface area contributed by atoms with Crippen molar-refractivity contribution in [3.05, 3.63) is 52.5 Å². The van der Waals surface area contributed by atoms with Crippen molar-refractivity contribution in [3.8, 4) is 11.5 Å². The van der Waals surface area contributed by atoms with E-state index in [0.29, 0.717) is 34.9 Å². The number of hydrogen-bond acceptors (Lipinski definition) is 4. The topological polar surface area (TPSA) is 84.9 Å². The van der Waals surface area contributed by atoms with Crippen molar-refractivity contribution in [2.24, 2.45) is 0 Å². The van der Waals surface area contributed by atoms with Gasteiger partial charge in [-0.15, -0.1) is 0 Å². The number of methoxy groups -OCH3 is 1. The molecule has 2 rings (SSSR count). The highest BCUT2D eigenvalue weighted by molar-refractivity contribution is 6.32. The number of carbonyl (C=O) groups excluding carboxylic acids is 1. The highest BCUT2D eigenvalue weighted by Gasteiger charge is 2.17. The second kappa shape index (κ2) is 9.28. The maximum Gasteiger partial charge on any atom is 0.310 e. The minimum absolute atomic E-state index is 0.279. The van der Waals surface area contributed by atoms with Gasteiger partial charge in [-0.25, -0.2) is 0 Å². The lowest BCUT2D eigenvalue weighted by Crippen LogP contribution is -2.13. The SMILES string of the molecule is CCCOc1c(Cl)cc(C(=O)Nc2cccc(C(C)C(=O)O)c2)cc1OC. The summed E-state index contributed by atoms with van der Waals surface area (Å²) in [5.74, 6) is -1.23. The monoisotopic (exact) mass is 391 g/mol. The summed E-state index contributed by atoms with van der Waals surface area (Å²) in [5, 5.41) is 12.2. The molecule has 0 fully saturated rings. The minimum atomic E-state index is -0.933. The second-order valence-corrected chi connectivity index (χ2v) is 6.38. The van der Waals surface area contributed by atoms with E-state index in [2.05, 4.69) is 5.32 Å². The van der Waals surface area contributed by atoms with Gasteiger partial charge in [0.2, 0.25) is 0 Å². The number of rotatable bonds is 8. The quantitative estimate of drug-likeness (QED) is 0.688. The van der Waals surface area contributed by atoms with E-state index in [1.54, 1.807) is 37.3 Å². The lowest BCUT2D eigenvalue weighted by atomic mass is 10.0. The molecule has 2 N–H and O–H groups in total. The maximum absolute atomic E-state index is 12.6. The maximum atomic E-state index is 12.6. The molecule has 2 aromatic rings. The van der Waals surface area contributed by atoms with E-state index in [4.69, 9.17) is 26.2 Å². The third kappa shape index (κ3) is 5.14. The highest BCUT2D eigenvalue weighted by atomic mass is 35.5. The van der Waals surface area contributed by atoms with Gasteiger partial charge in [0.15, 0.2) is 11.5 Å². The van der Waals surface area contributed by atoms with Crippen LogP contribution >= 0.6 is 11.6 Å². The number of carboxylic acids is 1. The van der Waals surface area contributed by atoms with Crippen LogP contribution in [0.15, 0.2) is 36.4 Å². The van der Waals surface area contributed by atoms with Crippen molar-refractivity contribution in [2.45, 2.75) is 26.2 Å². The molecule has 144 valence electrons. The fraction of sp³-hybridized carbons (Fsp3) is 0.300. The summed E-state index contributed by atoms with van der Waals surface area (Å²) in [5.41, 5.74) is 1.39. The van der Waals surface area contributed by atoms with E-state index in [1.165, 1.54) is 13.2 Å². The van der Waals surface area contributed by atoms with Crippen molar-refractivity contribution in [2.75, 3.05) is 19.0 Å². The average molecular weight is 392 g/mol. The number of ether oxygens (including phenoxy) is 2. The van der Waals surface area contributed by atoms with Gasteiger partial charge >= 0.3 is 5.97 Å². The number of hydrogen-bond donors (Lipinski definition) is 2. The predicted octanol–water partition coefficient (Wildman–Crippen LogP) is 4.58. The molecule has 0 saturated heterocycles. The number of halogens is 1. The van der Waals surface area contributed by atoms with Gasteiger partial charge in [0.05, 0.1) is 24.7 Å². The fourth-order valence-electron chi connectivity index (χ4n) is 2.43. The van der Waals surface area contributed by atoms with Crippen molar-refractivity contribution in [1.82, 2.24) is 0 Å². The van der Waals surface area contributed by atoms with E-state index in [1.807, 2.05) is 6.92 Å². The fourth-order valence-corrected chi connectivity index (χ4v) is 2.69. The molecule has 1 atom stereocenters. The largest absolute Gasteiger partial charge is 0.493 e. The lowest BCUT2D eigenvalue weighted by molar-refractivity contribution is -0.138. The molecule has 1 unspecified atom stereocenters. The summed E-state index contributed by atoms with van der Waals surface area (Å²) in [4.78, 5) is 23.7. The molecule has 0 heterocycles. The third-order valence-corrected chi connectivity index (χ3v) is 4.24. The number of benzene rings is 2. The van der Waals surface area contributed by atoms with Crippen LogP contribution in [0.25, 0.3) is 0 Å². The summed E-state index contributed by atoms with van der Waals surface area (Å²) >= 11 is 6.25. The van der Waals surface area contributed by atoms with Crippen LogP contribution < -0.4 is 14.8 Å². The number of carbonyl (C=O) groups is 2. The molecular weight excluding hydrogens is 370 g/mol. The van der Waals surface area contributed by atoms with Crippen LogP contribution in [0, 0.1) is 0 Å². The molecule has 27 heavy (non-hydrogen) atoms. The Balaban J connectivity index is 2.24. The molecule has 0 radical (unpaired) electrons. The number of carboxylic acid groups (broad SMARTS) is 1. The molecule has 0 spiro atoms. The Bertz CT molecular complexity index is 837. The van der Waals surface area contributed by atoms with Crippen molar-refractivity contribution in [1.29, 1.82) is 0 Å². The van der Waals surface area contributed by atoms with Gasteiger partial charge in [0.1, 0.15) is 0 Å². The normalized spacial score (nSPS) is 11.6. The van der Waals surface area contributed by atoms with Crippen LogP contribution in [-0.2, 0) is 4.79 Å².